The fraction of sp³-hybridized carbons (Fsp3) is 0.500. The minimum atomic E-state index is -0.0585. The van der Waals surface area contributed by atoms with Gasteiger partial charge < -0.3 is 15.4 Å². The molecule has 0 unspecified atom stereocenters. The minimum absolute atomic E-state index is 0.0585. The third-order valence-corrected chi connectivity index (χ3v) is 2.79. The van der Waals surface area contributed by atoms with Gasteiger partial charge in [0, 0.05) is 31.6 Å². The van der Waals surface area contributed by atoms with E-state index in [1.807, 2.05) is 4.90 Å². The Morgan fingerprint density at radius 3 is 3.00 bits per heavy atom. The van der Waals surface area contributed by atoms with Crippen LogP contribution >= 0.6 is 0 Å². The van der Waals surface area contributed by atoms with Gasteiger partial charge in [0.05, 0.1) is 6.61 Å². The first-order valence-corrected chi connectivity index (χ1v) is 5.74. The zero-order valence-electron chi connectivity index (χ0n) is 9.93. The fourth-order valence-corrected chi connectivity index (χ4v) is 1.74. The van der Waals surface area contributed by atoms with Crippen LogP contribution in [-0.2, 0) is 4.74 Å². The Morgan fingerprint density at radius 1 is 1.65 bits per heavy atom. The van der Waals surface area contributed by atoms with Crippen LogP contribution in [0.25, 0.3) is 0 Å². The first-order valence-electron chi connectivity index (χ1n) is 5.74. The van der Waals surface area contributed by atoms with Gasteiger partial charge in [-0.05, 0) is 25.0 Å². The standard InChI is InChI=1S/C12H17N3O2/c1-17-7-6-15(10-2-3-10)12(16)11-8-9(13)4-5-14-11/h4-5,8,10H,2-3,6-7H2,1H3,(H2,13,14). The zero-order valence-corrected chi connectivity index (χ0v) is 9.93. The minimum Gasteiger partial charge on any atom is -0.399 e. The van der Waals surface area contributed by atoms with E-state index in [2.05, 4.69) is 4.98 Å². The molecule has 17 heavy (non-hydrogen) atoms. The van der Waals surface area contributed by atoms with Crippen LogP contribution in [0, 0.1) is 0 Å². The molecule has 0 radical (unpaired) electrons. The number of nitrogen functional groups attached to an aromatic ring is 1. The number of aromatic nitrogens is 1. The van der Waals surface area contributed by atoms with Gasteiger partial charge >= 0.3 is 0 Å². The second kappa shape index (κ2) is 5.14. The van der Waals surface area contributed by atoms with E-state index in [0.29, 0.717) is 30.6 Å². The molecule has 1 fully saturated rings. The second-order valence-corrected chi connectivity index (χ2v) is 4.20. The number of ether oxygens (including phenoxy) is 1. The SMILES string of the molecule is COCCN(C(=O)c1cc(N)ccn1)C1CC1. The van der Waals surface area contributed by atoms with Gasteiger partial charge in [-0.25, -0.2) is 0 Å². The van der Waals surface area contributed by atoms with Crippen molar-refractivity contribution in [2.45, 2.75) is 18.9 Å². The van der Waals surface area contributed by atoms with Crippen molar-refractivity contribution in [2.24, 2.45) is 0 Å². The summed E-state index contributed by atoms with van der Waals surface area (Å²) < 4.78 is 5.02. The number of carbonyl (C=O) groups excluding carboxylic acids is 1. The molecule has 92 valence electrons. The van der Waals surface area contributed by atoms with Gasteiger partial charge in [0.25, 0.3) is 5.91 Å². The van der Waals surface area contributed by atoms with Crippen LogP contribution in [0.5, 0.6) is 0 Å². The number of rotatable bonds is 5. The molecule has 1 aliphatic carbocycles. The summed E-state index contributed by atoms with van der Waals surface area (Å²) in [5.74, 6) is -0.0585. The topological polar surface area (TPSA) is 68.5 Å². The summed E-state index contributed by atoms with van der Waals surface area (Å²) in [7, 11) is 1.63. The van der Waals surface area contributed by atoms with Crippen LogP contribution < -0.4 is 5.73 Å². The Balaban J connectivity index is 2.10. The second-order valence-electron chi connectivity index (χ2n) is 4.20. The van der Waals surface area contributed by atoms with Crippen molar-refractivity contribution in [3.05, 3.63) is 24.0 Å². The predicted molar refractivity (Wildman–Crippen MR) is 64.6 cm³/mol. The maximum absolute atomic E-state index is 12.2. The predicted octanol–water partition coefficient (Wildman–Crippen LogP) is 0.915. The molecule has 1 aromatic rings. The maximum atomic E-state index is 12.2. The smallest absolute Gasteiger partial charge is 0.272 e. The summed E-state index contributed by atoms with van der Waals surface area (Å²) in [6, 6.07) is 3.64. The molecule has 0 bridgehead atoms. The van der Waals surface area contributed by atoms with Crippen LogP contribution in [0.3, 0.4) is 0 Å². The van der Waals surface area contributed by atoms with Crippen molar-refractivity contribution in [2.75, 3.05) is 26.0 Å². The van der Waals surface area contributed by atoms with E-state index in [-0.39, 0.29) is 5.91 Å². The van der Waals surface area contributed by atoms with Crippen molar-refractivity contribution in [3.63, 3.8) is 0 Å². The first-order chi connectivity index (χ1) is 8.22. The molecule has 1 aromatic heterocycles. The van der Waals surface area contributed by atoms with Crippen molar-refractivity contribution in [1.29, 1.82) is 0 Å². The average molecular weight is 235 g/mol. The summed E-state index contributed by atoms with van der Waals surface area (Å²) in [6.07, 6.45) is 3.69. The van der Waals surface area contributed by atoms with E-state index >= 15 is 0 Å². The summed E-state index contributed by atoms with van der Waals surface area (Å²) in [5, 5.41) is 0. The van der Waals surface area contributed by atoms with Gasteiger partial charge in [-0.1, -0.05) is 0 Å². The van der Waals surface area contributed by atoms with Crippen molar-refractivity contribution >= 4 is 11.6 Å². The van der Waals surface area contributed by atoms with Crippen molar-refractivity contribution in [1.82, 2.24) is 9.88 Å². The third-order valence-electron chi connectivity index (χ3n) is 2.79. The number of hydrogen-bond donors (Lipinski definition) is 1. The molecule has 1 saturated carbocycles. The van der Waals surface area contributed by atoms with Crippen molar-refractivity contribution < 1.29 is 9.53 Å². The molecular weight excluding hydrogens is 218 g/mol. The number of amides is 1. The molecule has 0 aliphatic heterocycles. The van der Waals surface area contributed by atoms with Gasteiger partial charge in [0.15, 0.2) is 0 Å². The normalized spacial score (nSPS) is 14.6. The Morgan fingerprint density at radius 2 is 2.41 bits per heavy atom. The quantitative estimate of drug-likeness (QED) is 0.823. The maximum Gasteiger partial charge on any atom is 0.272 e. The number of anilines is 1. The Labute approximate surface area is 101 Å². The highest BCUT2D eigenvalue weighted by molar-refractivity contribution is 5.93. The molecule has 0 spiro atoms. The summed E-state index contributed by atoms with van der Waals surface area (Å²) in [5.41, 5.74) is 6.62. The monoisotopic (exact) mass is 235 g/mol. The molecule has 2 rings (SSSR count). The van der Waals surface area contributed by atoms with Crippen LogP contribution in [0.1, 0.15) is 23.3 Å². The van der Waals surface area contributed by atoms with Crippen LogP contribution in [0.4, 0.5) is 5.69 Å². The summed E-state index contributed by atoms with van der Waals surface area (Å²) in [6.45, 7) is 1.15. The summed E-state index contributed by atoms with van der Waals surface area (Å²) >= 11 is 0. The third kappa shape index (κ3) is 2.94. The van der Waals surface area contributed by atoms with E-state index in [1.54, 1.807) is 25.4 Å². The van der Waals surface area contributed by atoms with Crippen LogP contribution in [0.2, 0.25) is 0 Å². The molecule has 0 saturated heterocycles. The van der Waals surface area contributed by atoms with Gasteiger partial charge in [-0.15, -0.1) is 0 Å². The van der Waals surface area contributed by atoms with Crippen LogP contribution in [0.15, 0.2) is 18.3 Å². The number of carbonyl (C=O) groups is 1. The molecular formula is C12H17N3O2. The molecule has 1 amide bonds. The average Bonchev–Trinajstić information content (AvgIpc) is 3.14. The fourth-order valence-electron chi connectivity index (χ4n) is 1.74. The van der Waals surface area contributed by atoms with Crippen molar-refractivity contribution in [3.8, 4) is 0 Å². The zero-order chi connectivity index (χ0) is 12.3. The molecule has 0 aromatic carbocycles. The molecule has 1 aliphatic rings. The lowest BCUT2D eigenvalue weighted by Gasteiger charge is -2.21. The lowest BCUT2D eigenvalue weighted by molar-refractivity contribution is 0.0674. The summed E-state index contributed by atoms with van der Waals surface area (Å²) in [4.78, 5) is 18.1. The number of hydrogen-bond acceptors (Lipinski definition) is 4. The van der Waals surface area contributed by atoms with Gasteiger partial charge in [-0.3, -0.25) is 9.78 Å². The Hall–Kier alpha value is -1.62. The van der Waals surface area contributed by atoms with E-state index in [1.165, 1.54) is 0 Å². The number of methoxy groups -OCH3 is 1. The lowest BCUT2D eigenvalue weighted by atomic mass is 10.3. The Kier molecular flexibility index (Phi) is 3.58. The molecule has 1 heterocycles. The van der Waals surface area contributed by atoms with E-state index in [0.717, 1.165) is 12.8 Å². The first kappa shape index (κ1) is 11.9. The highest BCUT2D eigenvalue weighted by Crippen LogP contribution is 2.27. The molecule has 2 N–H and O–H groups in total. The Bertz CT molecular complexity index is 404. The van der Waals surface area contributed by atoms with Gasteiger partial charge in [0.1, 0.15) is 5.69 Å². The van der Waals surface area contributed by atoms with E-state index < -0.39 is 0 Å². The number of nitrogens with zero attached hydrogens (tertiary/aromatic N) is 2. The van der Waals surface area contributed by atoms with E-state index in [9.17, 15) is 4.79 Å². The molecule has 0 atom stereocenters. The van der Waals surface area contributed by atoms with Gasteiger partial charge in [-0.2, -0.15) is 0 Å². The van der Waals surface area contributed by atoms with Crippen LogP contribution in [-0.4, -0.2) is 42.1 Å². The molecule has 5 nitrogen and oxygen atoms in total. The lowest BCUT2D eigenvalue weighted by Crippen LogP contribution is -2.36. The number of pyridine rings is 1. The largest absolute Gasteiger partial charge is 0.399 e. The van der Waals surface area contributed by atoms with E-state index in [4.69, 9.17) is 10.5 Å². The van der Waals surface area contributed by atoms with Gasteiger partial charge in [0.2, 0.25) is 0 Å². The highest BCUT2D eigenvalue weighted by atomic mass is 16.5. The highest BCUT2D eigenvalue weighted by Gasteiger charge is 2.33. The number of nitrogens with two attached hydrogens (primary N) is 1. The molecule has 5 heteroatoms.